The highest BCUT2D eigenvalue weighted by atomic mass is 14.6. The maximum atomic E-state index is 4.36. The first kappa shape index (κ1) is 8.76. The molecule has 4 unspecified atom stereocenters. The van der Waals surface area contributed by atoms with Crippen LogP contribution >= 0.6 is 0 Å². The number of allylic oxidation sites excluding steroid dienone is 2. The summed E-state index contributed by atoms with van der Waals surface area (Å²) >= 11 is 0. The van der Waals surface area contributed by atoms with E-state index in [-0.39, 0.29) is 0 Å². The molecule has 0 saturated heterocycles. The van der Waals surface area contributed by atoms with Gasteiger partial charge in [-0.15, -0.1) is 6.58 Å². The predicted molar refractivity (Wildman–Crippen MR) is 59.9 cm³/mol. The van der Waals surface area contributed by atoms with Crippen molar-refractivity contribution in [3.8, 4) is 0 Å². The molecule has 0 spiro atoms. The topological polar surface area (TPSA) is 0 Å². The zero-order chi connectivity index (χ0) is 9.76. The molecule has 3 fully saturated rings. The number of rotatable bonds is 1. The van der Waals surface area contributed by atoms with Crippen LogP contribution in [0.15, 0.2) is 24.8 Å². The molecule has 2 bridgehead atoms. The van der Waals surface area contributed by atoms with E-state index in [9.17, 15) is 0 Å². The standard InChI is InChI=1S/C14H20/c1-3-12-6-5-11-8-9-14(12)10(2)4-7-13(11)14/h3,11-13H,1-2,4-9H2. The summed E-state index contributed by atoms with van der Waals surface area (Å²) in [5.41, 5.74) is 2.08. The van der Waals surface area contributed by atoms with Crippen LogP contribution in [0.1, 0.15) is 38.5 Å². The Morgan fingerprint density at radius 2 is 2.07 bits per heavy atom. The molecule has 0 nitrogen and oxygen atoms in total. The summed E-state index contributed by atoms with van der Waals surface area (Å²) in [7, 11) is 0. The lowest BCUT2D eigenvalue weighted by atomic mass is 9.61. The average Bonchev–Trinajstić information content (AvgIpc) is 2.64. The summed E-state index contributed by atoms with van der Waals surface area (Å²) in [5.74, 6) is 2.76. The van der Waals surface area contributed by atoms with Gasteiger partial charge in [0.15, 0.2) is 0 Å². The molecule has 0 aromatic heterocycles. The van der Waals surface area contributed by atoms with Gasteiger partial charge in [-0.1, -0.05) is 18.2 Å². The first-order valence-corrected chi connectivity index (χ1v) is 6.10. The molecule has 0 radical (unpaired) electrons. The molecule has 3 aliphatic rings. The van der Waals surface area contributed by atoms with Crippen molar-refractivity contribution < 1.29 is 0 Å². The molecule has 4 atom stereocenters. The second kappa shape index (κ2) is 2.74. The minimum Gasteiger partial charge on any atom is -0.103 e. The fraction of sp³-hybridized carbons (Fsp3) is 0.714. The SMILES string of the molecule is C=CC1CCC2CCC13C(=C)CCC23. The lowest BCUT2D eigenvalue weighted by Gasteiger charge is -2.43. The van der Waals surface area contributed by atoms with Crippen molar-refractivity contribution in [2.45, 2.75) is 38.5 Å². The molecule has 0 aliphatic heterocycles. The third-order valence-corrected chi connectivity index (χ3v) is 5.37. The highest BCUT2D eigenvalue weighted by Gasteiger charge is 2.58. The van der Waals surface area contributed by atoms with Gasteiger partial charge in [0, 0.05) is 5.41 Å². The second-order valence-corrected chi connectivity index (χ2v) is 5.51. The normalized spacial score (nSPS) is 50.6. The molecular weight excluding hydrogens is 168 g/mol. The maximum Gasteiger partial charge on any atom is 0.000288 e. The van der Waals surface area contributed by atoms with Crippen LogP contribution in [0.2, 0.25) is 0 Å². The van der Waals surface area contributed by atoms with E-state index in [0.717, 1.165) is 17.8 Å². The molecule has 0 aromatic carbocycles. The second-order valence-electron chi connectivity index (χ2n) is 5.51. The fourth-order valence-electron chi connectivity index (χ4n) is 4.77. The van der Waals surface area contributed by atoms with Gasteiger partial charge >= 0.3 is 0 Å². The van der Waals surface area contributed by atoms with Gasteiger partial charge in [-0.3, -0.25) is 0 Å². The Bertz CT molecular complexity index is 286. The minimum absolute atomic E-state index is 0.519. The van der Waals surface area contributed by atoms with Crippen LogP contribution in [0.3, 0.4) is 0 Å². The summed E-state index contributed by atoms with van der Waals surface area (Å²) in [4.78, 5) is 0. The summed E-state index contributed by atoms with van der Waals surface area (Å²) in [5, 5.41) is 0. The van der Waals surface area contributed by atoms with E-state index in [2.05, 4.69) is 19.2 Å². The van der Waals surface area contributed by atoms with Crippen LogP contribution in [-0.4, -0.2) is 0 Å². The Balaban J connectivity index is 2.07. The molecular formula is C14H20. The van der Waals surface area contributed by atoms with E-state index in [1.54, 1.807) is 5.57 Å². The predicted octanol–water partition coefficient (Wildman–Crippen LogP) is 3.95. The molecule has 0 amide bonds. The van der Waals surface area contributed by atoms with Crippen molar-refractivity contribution in [3.63, 3.8) is 0 Å². The van der Waals surface area contributed by atoms with Gasteiger partial charge in [0.25, 0.3) is 0 Å². The van der Waals surface area contributed by atoms with Gasteiger partial charge in [0.2, 0.25) is 0 Å². The number of hydrogen-bond donors (Lipinski definition) is 0. The zero-order valence-corrected chi connectivity index (χ0v) is 8.97. The monoisotopic (exact) mass is 188 g/mol. The van der Waals surface area contributed by atoms with E-state index < -0.39 is 0 Å². The molecule has 0 N–H and O–H groups in total. The first-order valence-electron chi connectivity index (χ1n) is 6.10. The molecule has 0 heterocycles. The largest absolute Gasteiger partial charge is 0.103 e. The molecule has 3 aliphatic carbocycles. The lowest BCUT2D eigenvalue weighted by molar-refractivity contribution is 0.125. The van der Waals surface area contributed by atoms with Crippen LogP contribution in [0.25, 0.3) is 0 Å². The lowest BCUT2D eigenvalue weighted by Crippen LogP contribution is -2.35. The van der Waals surface area contributed by atoms with Gasteiger partial charge in [-0.05, 0) is 56.3 Å². The van der Waals surface area contributed by atoms with E-state index in [1.165, 1.54) is 38.5 Å². The Labute approximate surface area is 87.1 Å². The molecule has 14 heavy (non-hydrogen) atoms. The molecule has 0 aromatic rings. The van der Waals surface area contributed by atoms with E-state index in [1.807, 2.05) is 0 Å². The minimum atomic E-state index is 0.519. The average molecular weight is 188 g/mol. The van der Waals surface area contributed by atoms with Gasteiger partial charge < -0.3 is 0 Å². The van der Waals surface area contributed by atoms with E-state index in [4.69, 9.17) is 0 Å². The van der Waals surface area contributed by atoms with Crippen LogP contribution in [0.5, 0.6) is 0 Å². The van der Waals surface area contributed by atoms with Crippen molar-refractivity contribution >= 4 is 0 Å². The van der Waals surface area contributed by atoms with Crippen molar-refractivity contribution in [2.24, 2.45) is 23.2 Å². The smallest absolute Gasteiger partial charge is 0.000288 e. The molecule has 0 heteroatoms. The van der Waals surface area contributed by atoms with E-state index in [0.29, 0.717) is 5.41 Å². The zero-order valence-electron chi connectivity index (χ0n) is 8.97. The summed E-state index contributed by atoms with van der Waals surface area (Å²) < 4.78 is 0. The summed E-state index contributed by atoms with van der Waals surface area (Å²) in [6.07, 6.45) is 10.7. The third-order valence-electron chi connectivity index (χ3n) is 5.37. The Kier molecular flexibility index (Phi) is 1.72. The quantitative estimate of drug-likeness (QED) is 0.547. The summed E-state index contributed by atoms with van der Waals surface area (Å²) in [6, 6.07) is 0. The highest BCUT2D eigenvalue weighted by Crippen LogP contribution is 2.67. The molecule has 3 saturated carbocycles. The van der Waals surface area contributed by atoms with Crippen molar-refractivity contribution in [1.82, 2.24) is 0 Å². The first-order chi connectivity index (χ1) is 6.79. The molecule has 76 valence electrons. The van der Waals surface area contributed by atoms with Crippen molar-refractivity contribution in [2.75, 3.05) is 0 Å². The van der Waals surface area contributed by atoms with Crippen LogP contribution in [0.4, 0.5) is 0 Å². The maximum absolute atomic E-state index is 4.36. The van der Waals surface area contributed by atoms with Crippen molar-refractivity contribution in [3.05, 3.63) is 24.8 Å². The Morgan fingerprint density at radius 3 is 2.86 bits per heavy atom. The Hall–Kier alpha value is -0.520. The van der Waals surface area contributed by atoms with Crippen LogP contribution in [0, 0.1) is 23.2 Å². The molecule has 3 rings (SSSR count). The van der Waals surface area contributed by atoms with E-state index >= 15 is 0 Å². The fourth-order valence-corrected chi connectivity index (χ4v) is 4.77. The van der Waals surface area contributed by atoms with Gasteiger partial charge in [-0.25, -0.2) is 0 Å². The third kappa shape index (κ3) is 0.809. The van der Waals surface area contributed by atoms with Gasteiger partial charge in [-0.2, -0.15) is 0 Å². The number of hydrogen-bond acceptors (Lipinski definition) is 0. The van der Waals surface area contributed by atoms with Gasteiger partial charge in [0.1, 0.15) is 0 Å². The highest BCUT2D eigenvalue weighted by molar-refractivity contribution is 5.27. The summed E-state index contributed by atoms with van der Waals surface area (Å²) in [6.45, 7) is 8.41. The van der Waals surface area contributed by atoms with Gasteiger partial charge in [0.05, 0.1) is 0 Å². The van der Waals surface area contributed by atoms with Crippen LogP contribution < -0.4 is 0 Å². The Morgan fingerprint density at radius 1 is 1.21 bits per heavy atom. The van der Waals surface area contributed by atoms with Crippen LogP contribution in [-0.2, 0) is 0 Å². The van der Waals surface area contributed by atoms with Crippen molar-refractivity contribution in [1.29, 1.82) is 0 Å².